The second kappa shape index (κ2) is 44.1. The second-order valence-electron chi connectivity index (χ2n) is 16.1. The van der Waals surface area contributed by atoms with Crippen molar-refractivity contribution in [3.63, 3.8) is 0 Å². The van der Waals surface area contributed by atoms with Crippen molar-refractivity contribution in [1.82, 2.24) is 0 Å². The lowest BCUT2D eigenvalue weighted by atomic mass is 10.0. The van der Waals surface area contributed by atoms with Crippen LogP contribution in [-0.2, 0) is 37.5 Å². The second-order valence-corrected chi connectivity index (χ2v) is 17.5. The molecule has 63 heavy (non-hydrogen) atoms. The number of carboxylic acids is 1. The lowest BCUT2D eigenvalue weighted by Crippen LogP contribution is -2.34. The van der Waals surface area contributed by atoms with Gasteiger partial charge in [-0.1, -0.05) is 202 Å². The topological polar surface area (TPSA) is 192 Å². The van der Waals surface area contributed by atoms with E-state index in [9.17, 15) is 28.9 Å². The summed E-state index contributed by atoms with van der Waals surface area (Å²) in [5, 5.41) is 18.9. The molecule has 0 heterocycles. The third-order valence-electron chi connectivity index (χ3n) is 10.1. The maximum absolute atomic E-state index is 12.6. The Morgan fingerprint density at radius 3 is 1.63 bits per heavy atom. The molecule has 0 spiro atoms. The summed E-state index contributed by atoms with van der Waals surface area (Å²) >= 11 is 0. The number of carboxylic acid groups (broad SMARTS) is 1. The van der Waals surface area contributed by atoms with Crippen molar-refractivity contribution in [3.8, 4) is 0 Å². The fraction of sp³-hybridized carbons (Fsp3) is 0.700. The molecule has 0 aromatic heterocycles. The Kier molecular flexibility index (Phi) is 41.9. The van der Waals surface area contributed by atoms with Gasteiger partial charge < -0.3 is 30.3 Å². The predicted octanol–water partition coefficient (Wildman–Crippen LogP) is 12.3. The number of phosphoric ester groups is 1. The van der Waals surface area contributed by atoms with Crippen LogP contribution in [0.2, 0.25) is 0 Å². The number of allylic oxidation sites excluding steroid dienone is 10. The molecular formula is C50H86NO11P. The highest BCUT2D eigenvalue weighted by atomic mass is 31.2. The van der Waals surface area contributed by atoms with Gasteiger partial charge in [0.15, 0.2) is 6.10 Å². The van der Waals surface area contributed by atoms with E-state index in [2.05, 4.69) is 30.5 Å². The summed E-state index contributed by atoms with van der Waals surface area (Å²) in [7, 11) is -4.76. The van der Waals surface area contributed by atoms with Crippen LogP contribution in [0.3, 0.4) is 0 Å². The standard InChI is InChI=1S/C50H86NO11P/c1-3-5-7-9-11-12-13-14-15-16-17-18-19-20-21-25-28-32-36-40-48(53)59-42-46(43-60-63(57,58)61-44-47(51)50(55)56)62-49(54)41-37-33-29-26-23-22-24-27-31-35-39-45(52)38-34-30-10-8-6-4-2/h6,8,22-23,27,29-31,33-35,39,45-47,52H,3-5,7,9-21,24-26,28,32,36-38,40-44,51H2,1-2H3,(H,55,56)(H,57,58)/b8-6-,23-22-,31-27-,33-29-,34-30-,39-35+/t45?,46-,47+/m1/s1. The largest absolute Gasteiger partial charge is 0.480 e. The third kappa shape index (κ3) is 43.9. The number of hydrogen-bond donors (Lipinski definition) is 4. The van der Waals surface area contributed by atoms with Crippen LogP contribution in [0.15, 0.2) is 72.9 Å². The van der Waals surface area contributed by atoms with E-state index in [0.717, 1.165) is 38.5 Å². The summed E-state index contributed by atoms with van der Waals surface area (Å²) in [5.74, 6) is -2.52. The molecule has 0 saturated carbocycles. The third-order valence-corrected chi connectivity index (χ3v) is 11.0. The molecule has 0 fully saturated rings. The Morgan fingerprint density at radius 2 is 1.08 bits per heavy atom. The van der Waals surface area contributed by atoms with Gasteiger partial charge in [-0.15, -0.1) is 0 Å². The number of phosphoric acid groups is 1. The van der Waals surface area contributed by atoms with E-state index in [1.807, 2.05) is 54.7 Å². The van der Waals surface area contributed by atoms with E-state index in [-0.39, 0.29) is 12.8 Å². The number of ether oxygens (including phenoxy) is 2. The van der Waals surface area contributed by atoms with E-state index in [1.54, 1.807) is 6.08 Å². The van der Waals surface area contributed by atoms with Crippen LogP contribution in [0, 0.1) is 0 Å². The molecule has 0 aromatic carbocycles. The van der Waals surface area contributed by atoms with E-state index < -0.39 is 63.8 Å². The summed E-state index contributed by atoms with van der Waals surface area (Å²) in [6, 6.07) is -1.54. The van der Waals surface area contributed by atoms with Crippen molar-refractivity contribution in [2.24, 2.45) is 5.73 Å². The summed E-state index contributed by atoms with van der Waals surface area (Å²) in [6.45, 7) is 2.56. The van der Waals surface area contributed by atoms with Crippen molar-refractivity contribution in [2.45, 2.75) is 205 Å². The molecule has 0 aliphatic heterocycles. The fourth-order valence-corrected chi connectivity index (χ4v) is 7.07. The molecule has 5 N–H and O–H groups in total. The summed E-state index contributed by atoms with van der Waals surface area (Å²) in [6.07, 6.45) is 50.1. The first-order chi connectivity index (χ1) is 30.5. The summed E-state index contributed by atoms with van der Waals surface area (Å²) in [4.78, 5) is 46.1. The fourth-order valence-electron chi connectivity index (χ4n) is 6.29. The van der Waals surface area contributed by atoms with Gasteiger partial charge in [0.25, 0.3) is 0 Å². The molecule has 362 valence electrons. The molecule has 0 radical (unpaired) electrons. The number of esters is 2. The Bertz CT molecular complexity index is 1360. The van der Waals surface area contributed by atoms with E-state index >= 15 is 0 Å². The molecule has 0 aliphatic rings. The van der Waals surface area contributed by atoms with Gasteiger partial charge in [-0.05, 0) is 44.9 Å². The molecule has 12 nitrogen and oxygen atoms in total. The highest BCUT2D eigenvalue weighted by Gasteiger charge is 2.28. The Balaban J connectivity index is 4.45. The van der Waals surface area contributed by atoms with Crippen molar-refractivity contribution in [2.75, 3.05) is 19.8 Å². The van der Waals surface area contributed by atoms with Crippen LogP contribution < -0.4 is 5.73 Å². The minimum Gasteiger partial charge on any atom is -0.480 e. The Hall–Kier alpha value is -3.12. The molecular weight excluding hydrogens is 822 g/mol. The van der Waals surface area contributed by atoms with Crippen LogP contribution in [0.4, 0.5) is 0 Å². The normalized spacial score (nSPS) is 14.7. The molecule has 13 heteroatoms. The van der Waals surface area contributed by atoms with Crippen LogP contribution in [0.5, 0.6) is 0 Å². The first-order valence-electron chi connectivity index (χ1n) is 24.1. The molecule has 0 aromatic rings. The van der Waals surface area contributed by atoms with Crippen LogP contribution in [0.1, 0.15) is 187 Å². The zero-order valence-electron chi connectivity index (χ0n) is 39.0. The van der Waals surface area contributed by atoms with Gasteiger partial charge in [0.05, 0.1) is 19.3 Å². The number of carbonyl (C=O) groups is 3. The number of carbonyl (C=O) groups excluding carboxylic acids is 2. The molecule has 0 rings (SSSR count). The average Bonchev–Trinajstić information content (AvgIpc) is 3.26. The highest BCUT2D eigenvalue weighted by Crippen LogP contribution is 2.43. The SMILES string of the molecule is CC/C=C\C/C=C\CC(O)/C=C/C=C\C/C=C\C/C=C\CCC(=O)O[C@H](COC(=O)CCCCCCCCCCCCCCCCCCCCC)COP(=O)(O)OC[C@H](N)C(=O)O. The zero-order chi connectivity index (χ0) is 46.5. The van der Waals surface area contributed by atoms with Crippen molar-refractivity contribution < 1.29 is 52.6 Å². The van der Waals surface area contributed by atoms with Crippen LogP contribution in [-0.4, -0.2) is 71.1 Å². The Morgan fingerprint density at radius 1 is 0.587 bits per heavy atom. The maximum Gasteiger partial charge on any atom is 0.472 e. The van der Waals surface area contributed by atoms with Crippen LogP contribution in [0.25, 0.3) is 0 Å². The molecule has 0 amide bonds. The number of aliphatic carboxylic acids is 1. The molecule has 0 aliphatic carbocycles. The van der Waals surface area contributed by atoms with Gasteiger partial charge in [0, 0.05) is 12.8 Å². The van der Waals surface area contributed by atoms with Gasteiger partial charge in [-0.3, -0.25) is 23.4 Å². The van der Waals surface area contributed by atoms with E-state index in [0.29, 0.717) is 25.7 Å². The molecule has 0 saturated heterocycles. The Labute approximate surface area is 381 Å². The zero-order valence-corrected chi connectivity index (χ0v) is 39.9. The lowest BCUT2D eigenvalue weighted by molar-refractivity contribution is -0.161. The number of rotatable bonds is 44. The average molecular weight is 908 g/mol. The first-order valence-corrected chi connectivity index (χ1v) is 25.6. The number of unbranched alkanes of at least 4 members (excludes halogenated alkanes) is 18. The maximum atomic E-state index is 12.6. The molecule has 2 unspecified atom stereocenters. The summed E-state index contributed by atoms with van der Waals surface area (Å²) in [5.41, 5.74) is 5.33. The molecule has 4 atom stereocenters. The van der Waals surface area contributed by atoms with Gasteiger partial charge in [-0.25, -0.2) is 4.57 Å². The lowest BCUT2D eigenvalue weighted by Gasteiger charge is -2.20. The van der Waals surface area contributed by atoms with Crippen LogP contribution >= 0.6 is 7.82 Å². The number of aliphatic hydroxyl groups excluding tert-OH is 1. The number of aliphatic hydroxyl groups is 1. The summed E-state index contributed by atoms with van der Waals surface area (Å²) < 4.78 is 32.7. The number of nitrogens with two attached hydrogens (primary N) is 1. The van der Waals surface area contributed by atoms with Gasteiger partial charge >= 0.3 is 25.7 Å². The molecule has 0 bridgehead atoms. The monoisotopic (exact) mass is 908 g/mol. The van der Waals surface area contributed by atoms with E-state index in [1.165, 1.54) is 96.3 Å². The first kappa shape index (κ1) is 59.9. The highest BCUT2D eigenvalue weighted by molar-refractivity contribution is 7.47. The van der Waals surface area contributed by atoms with Crippen molar-refractivity contribution in [1.29, 1.82) is 0 Å². The quantitative estimate of drug-likeness (QED) is 0.0149. The van der Waals surface area contributed by atoms with Gasteiger partial charge in [-0.2, -0.15) is 0 Å². The smallest absolute Gasteiger partial charge is 0.472 e. The van der Waals surface area contributed by atoms with E-state index in [4.69, 9.17) is 24.8 Å². The number of hydrogen-bond acceptors (Lipinski definition) is 10. The van der Waals surface area contributed by atoms with Gasteiger partial charge in [0.2, 0.25) is 0 Å². The minimum atomic E-state index is -4.76. The predicted molar refractivity (Wildman–Crippen MR) is 255 cm³/mol. The van der Waals surface area contributed by atoms with Gasteiger partial charge in [0.1, 0.15) is 12.6 Å². The van der Waals surface area contributed by atoms with Crippen molar-refractivity contribution >= 4 is 25.7 Å². The minimum absolute atomic E-state index is 0.0113. The van der Waals surface area contributed by atoms with Crippen molar-refractivity contribution in [3.05, 3.63) is 72.9 Å².